The van der Waals surface area contributed by atoms with E-state index in [1.807, 2.05) is 0 Å². The molecule has 0 atom stereocenters. The van der Waals surface area contributed by atoms with Gasteiger partial charge in [0.25, 0.3) is 0 Å². The Morgan fingerprint density at radius 3 is 1.34 bits per heavy atom. The number of aromatic nitrogens is 2. The molecular formula is C56H38N2Si. The van der Waals surface area contributed by atoms with Gasteiger partial charge in [-0.25, -0.2) is 9.97 Å². The molecule has 1 aliphatic heterocycles. The van der Waals surface area contributed by atoms with Crippen LogP contribution in [0.15, 0.2) is 194 Å². The molecule has 2 nitrogen and oxygen atoms in total. The van der Waals surface area contributed by atoms with E-state index in [1.165, 1.54) is 92.2 Å². The van der Waals surface area contributed by atoms with Crippen LogP contribution in [0.1, 0.15) is 0 Å². The fraction of sp³-hybridized carbons (Fsp3) is 0.0357. The molecule has 0 N–H and O–H groups in total. The number of hydrogen-bond acceptors (Lipinski definition) is 2. The van der Waals surface area contributed by atoms with Crippen molar-refractivity contribution in [1.82, 2.24) is 9.97 Å². The Hall–Kier alpha value is -7.20. The molecule has 11 aromatic rings. The van der Waals surface area contributed by atoms with Gasteiger partial charge < -0.3 is 0 Å². The summed E-state index contributed by atoms with van der Waals surface area (Å²) in [4.78, 5) is 11.0. The van der Waals surface area contributed by atoms with Gasteiger partial charge in [0, 0.05) is 22.0 Å². The van der Waals surface area contributed by atoms with Gasteiger partial charge in [-0.15, -0.1) is 0 Å². The van der Waals surface area contributed by atoms with Gasteiger partial charge in [0.2, 0.25) is 0 Å². The van der Waals surface area contributed by atoms with Gasteiger partial charge in [-0.1, -0.05) is 189 Å². The van der Waals surface area contributed by atoms with E-state index < -0.39 is 8.07 Å². The molecule has 276 valence electrons. The molecule has 2 heterocycles. The van der Waals surface area contributed by atoms with E-state index in [0.717, 1.165) is 28.2 Å². The Balaban J connectivity index is 1.05. The highest BCUT2D eigenvalue weighted by atomic mass is 28.3. The minimum atomic E-state index is -2.32. The van der Waals surface area contributed by atoms with Crippen LogP contribution in [0, 0.1) is 0 Å². The van der Waals surface area contributed by atoms with Crippen LogP contribution in [-0.4, -0.2) is 18.0 Å². The smallest absolute Gasteiger partial charge is 0.159 e. The molecule has 1 aromatic heterocycles. The van der Waals surface area contributed by atoms with Crippen LogP contribution in [0.25, 0.3) is 110 Å². The lowest BCUT2D eigenvalue weighted by Crippen LogP contribution is -2.51. The molecule has 59 heavy (non-hydrogen) atoms. The van der Waals surface area contributed by atoms with Crippen LogP contribution in [0.5, 0.6) is 0 Å². The molecule has 3 heteroatoms. The van der Waals surface area contributed by atoms with Crippen LogP contribution >= 0.6 is 0 Å². The summed E-state index contributed by atoms with van der Waals surface area (Å²) in [6.45, 7) is 4.95. The first-order valence-electron chi connectivity index (χ1n) is 20.5. The Morgan fingerprint density at radius 1 is 0.305 bits per heavy atom. The topological polar surface area (TPSA) is 25.8 Å². The average Bonchev–Trinajstić information content (AvgIpc) is 3.55. The van der Waals surface area contributed by atoms with Crippen molar-refractivity contribution in [2.75, 3.05) is 0 Å². The van der Waals surface area contributed by atoms with Gasteiger partial charge in [0.15, 0.2) is 5.82 Å². The molecule has 0 amide bonds. The maximum atomic E-state index is 5.52. The molecule has 0 spiro atoms. The zero-order valence-corrected chi connectivity index (χ0v) is 33.9. The van der Waals surface area contributed by atoms with E-state index in [-0.39, 0.29) is 0 Å². The average molecular weight is 767 g/mol. The highest BCUT2D eigenvalue weighted by Gasteiger charge is 2.44. The lowest BCUT2D eigenvalue weighted by atomic mass is 9.90. The van der Waals surface area contributed by atoms with Crippen molar-refractivity contribution in [3.63, 3.8) is 0 Å². The van der Waals surface area contributed by atoms with Crippen LogP contribution in [0.4, 0.5) is 0 Å². The first kappa shape index (κ1) is 33.9. The quantitative estimate of drug-likeness (QED) is 0.132. The highest BCUT2D eigenvalue weighted by Crippen LogP contribution is 2.44. The number of fused-ring (bicyclic) bond motifs is 14. The van der Waals surface area contributed by atoms with Crippen LogP contribution in [-0.2, 0) is 0 Å². The monoisotopic (exact) mass is 766 g/mol. The molecule has 0 aliphatic carbocycles. The zero-order chi connectivity index (χ0) is 39.2. The second kappa shape index (κ2) is 12.9. The van der Waals surface area contributed by atoms with Crippen LogP contribution in [0.2, 0.25) is 13.1 Å². The van der Waals surface area contributed by atoms with Crippen LogP contribution in [0.3, 0.4) is 0 Å². The Kier molecular flexibility index (Phi) is 7.41. The molecule has 0 bridgehead atoms. The minimum Gasteiger partial charge on any atom is -0.237 e. The zero-order valence-electron chi connectivity index (χ0n) is 32.9. The third kappa shape index (κ3) is 5.11. The third-order valence-electron chi connectivity index (χ3n) is 12.8. The predicted molar refractivity (Wildman–Crippen MR) is 253 cm³/mol. The normalized spacial score (nSPS) is 13.1. The number of benzene rings is 10. The van der Waals surface area contributed by atoms with Gasteiger partial charge in [-0.3, -0.25) is 0 Å². The standard InChI is InChI=1S/C56H38N2Si/c1-59(2)54-49-29-13-11-26-45(49)44-25-10-12-28-48(44)51(54)52-53(57-55(58-56(52)59)35-16-4-3-5-17-35)40-21-15-20-38(33-40)36-18-14-19-37(32-36)39-30-31-47-43-24-7-6-22-41(43)42-23-8-9-27-46(42)50(47)34-39/h3-34H,1-2H3. The molecule has 0 unspecified atom stereocenters. The Labute approximate surface area is 344 Å². The third-order valence-corrected chi connectivity index (χ3v) is 16.1. The van der Waals surface area contributed by atoms with E-state index in [4.69, 9.17) is 9.97 Å². The summed E-state index contributed by atoms with van der Waals surface area (Å²) in [6.07, 6.45) is 0. The molecule has 0 saturated heterocycles. The molecule has 12 rings (SSSR count). The van der Waals surface area contributed by atoms with Crippen molar-refractivity contribution in [1.29, 1.82) is 0 Å². The van der Waals surface area contributed by atoms with E-state index in [0.29, 0.717) is 0 Å². The van der Waals surface area contributed by atoms with Crippen molar-refractivity contribution in [2.45, 2.75) is 13.1 Å². The van der Waals surface area contributed by atoms with E-state index >= 15 is 0 Å². The number of nitrogens with zero attached hydrogens (tertiary/aromatic N) is 2. The number of hydrogen-bond donors (Lipinski definition) is 0. The van der Waals surface area contributed by atoms with Crippen molar-refractivity contribution < 1.29 is 0 Å². The lowest BCUT2D eigenvalue weighted by Gasteiger charge is -2.21. The van der Waals surface area contributed by atoms with E-state index in [9.17, 15) is 0 Å². The van der Waals surface area contributed by atoms with Gasteiger partial charge >= 0.3 is 0 Å². The summed E-state index contributed by atoms with van der Waals surface area (Å²) >= 11 is 0. The summed E-state index contributed by atoms with van der Waals surface area (Å²) in [7, 11) is -2.32. The van der Waals surface area contributed by atoms with Gasteiger partial charge in [-0.2, -0.15) is 0 Å². The first-order chi connectivity index (χ1) is 29.0. The van der Waals surface area contributed by atoms with Crippen molar-refractivity contribution in [3.05, 3.63) is 194 Å². The number of rotatable bonds is 4. The Bertz CT molecular complexity index is 3500. The largest absolute Gasteiger partial charge is 0.237 e. The fourth-order valence-corrected chi connectivity index (χ4v) is 13.3. The molecule has 0 radical (unpaired) electrons. The molecular weight excluding hydrogens is 729 g/mol. The summed E-state index contributed by atoms with van der Waals surface area (Å²) < 4.78 is 0. The lowest BCUT2D eigenvalue weighted by molar-refractivity contribution is 1.21. The summed E-state index contributed by atoms with van der Waals surface area (Å²) in [5.74, 6) is 0.783. The van der Waals surface area contributed by atoms with E-state index in [1.54, 1.807) is 0 Å². The predicted octanol–water partition coefficient (Wildman–Crippen LogP) is 13.7. The minimum absolute atomic E-state index is 0.783. The summed E-state index contributed by atoms with van der Waals surface area (Å²) in [6, 6.07) is 70.9. The summed E-state index contributed by atoms with van der Waals surface area (Å²) in [5.41, 5.74) is 10.4. The van der Waals surface area contributed by atoms with Gasteiger partial charge in [0.1, 0.15) is 8.07 Å². The molecule has 0 saturated carbocycles. The molecule has 0 fully saturated rings. The molecule has 1 aliphatic rings. The highest BCUT2D eigenvalue weighted by molar-refractivity contribution is 7.05. The second-order valence-electron chi connectivity index (χ2n) is 16.5. The van der Waals surface area contributed by atoms with Gasteiger partial charge in [-0.05, 0) is 105 Å². The maximum absolute atomic E-state index is 5.52. The molecule has 10 aromatic carbocycles. The fourth-order valence-electron chi connectivity index (χ4n) is 10.1. The maximum Gasteiger partial charge on any atom is 0.159 e. The van der Waals surface area contributed by atoms with Crippen molar-refractivity contribution in [2.24, 2.45) is 0 Å². The van der Waals surface area contributed by atoms with Gasteiger partial charge in [0.05, 0.1) is 5.69 Å². The van der Waals surface area contributed by atoms with E-state index in [2.05, 4.69) is 207 Å². The second-order valence-corrected chi connectivity index (χ2v) is 20.7. The summed E-state index contributed by atoms with van der Waals surface area (Å²) in [5, 5.41) is 15.6. The van der Waals surface area contributed by atoms with Crippen molar-refractivity contribution in [3.8, 4) is 56.0 Å². The van der Waals surface area contributed by atoms with Crippen molar-refractivity contribution >= 4 is 72.4 Å². The Morgan fingerprint density at radius 2 is 0.729 bits per heavy atom. The first-order valence-corrected chi connectivity index (χ1v) is 23.5. The SMILES string of the molecule is C[Si]1(C)c2nc(-c3ccccc3)nc(-c3cccc(-c4cccc(-c5ccc6c7ccccc7c7ccccc7c6c5)c4)c3)c2-c2c1c1ccccc1c1ccccc21. The van der Waals surface area contributed by atoms with Crippen LogP contribution < -0.4 is 10.5 Å².